The van der Waals surface area contributed by atoms with Gasteiger partial charge in [-0.15, -0.1) is 0 Å². The Balaban J connectivity index is 2.13. The molecule has 0 aromatic heterocycles. The van der Waals surface area contributed by atoms with Crippen LogP contribution >= 0.6 is 11.6 Å². The van der Waals surface area contributed by atoms with Gasteiger partial charge in [0.1, 0.15) is 12.4 Å². The number of anilines is 1. The predicted octanol–water partition coefficient (Wildman–Crippen LogP) is 3.34. The van der Waals surface area contributed by atoms with E-state index in [1.807, 2.05) is 0 Å². The summed E-state index contributed by atoms with van der Waals surface area (Å²) in [7, 11) is 0. The molecule has 1 aliphatic carbocycles. The molecule has 1 aliphatic rings. The van der Waals surface area contributed by atoms with Crippen molar-refractivity contribution in [2.24, 2.45) is 0 Å². The quantitative estimate of drug-likeness (QED) is 0.895. The Morgan fingerprint density at radius 3 is 2.67 bits per heavy atom. The van der Waals surface area contributed by atoms with Gasteiger partial charge in [-0.05, 0) is 31.0 Å². The van der Waals surface area contributed by atoms with E-state index in [1.165, 1.54) is 17.0 Å². The second-order valence-corrected chi connectivity index (χ2v) is 5.42. The molecule has 21 heavy (non-hydrogen) atoms. The molecular formula is C14H16ClFN2O3. The molecule has 114 valence electrons. The van der Waals surface area contributed by atoms with Crippen LogP contribution in [0.4, 0.5) is 14.9 Å². The number of hydrogen-bond acceptors (Lipinski definition) is 2. The van der Waals surface area contributed by atoms with E-state index in [4.69, 9.17) is 16.7 Å². The summed E-state index contributed by atoms with van der Waals surface area (Å²) in [6, 6.07) is 2.95. The van der Waals surface area contributed by atoms with Crippen LogP contribution in [0.5, 0.6) is 0 Å². The number of carboxylic acid groups (broad SMARTS) is 1. The highest BCUT2D eigenvalue weighted by Gasteiger charge is 2.28. The monoisotopic (exact) mass is 314 g/mol. The first-order chi connectivity index (χ1) is 9.97. The van der Waals surface area contributed by atoms with E-state index in [1.54, 1.807) is 0 Å². The summed E-state index contributed by atoms with van der Waals surface area (Å²) < 4.78 is 13.2. The number of carbonyl (C=O) groups excluding carboxylic acids is 1. The van der Waals surface area contributed by atoms with E-state index < -0.39 is 17.8 Å². The highest BCUT2D eigenvalue weighted by atomic mass is 35.5. The predicted molar refractivity (Wildman–Crippen MR) is 77.0 cm³/mol. The Morgan fingerprint density at radius 2 is 2.05 bits per heavy atom. The Bertz CT molecular complexity index is 547. The van der Waals surface area contributed by atoms with Crippen LogP contribution in [0.2, 0.25) is 5.02 Å². The first-order valence-electron chi connectivity index (χ1n) is 6.72. The number of aliphatic carboxylic acids is 1. The third-order valence-corrected chi connectivity index (χ3v) is 3.83. The van der Waals surface area contributed by atoms with Crippen molar-refractivity contribution >= 4 is 29.3 Å². The lowest BCUT2D eigenvalue weighted by Crippen LogP contribution is -2.44. The summed E-state index contributed by atoms with van der Waals surface area (Å²) in [6.07, 6.45) is 3.48. The number of carboxylic acids is 1. The van der Waals surface area contributed by atoms with Gasteiger partial charge < -0.3 is 15.3 Å². The van der Waals surface area contributed by atoms with Gasteiger partial charge in [0.2, 0.25) is 0 Å². The summed E-state index contributed by atoms with van der Waals surface area (Å²) in [5.41, 5.74) is 0.134. The zero-order valence-electron chi connectivity index (χ0n) is 11.3. The molecular weight excluding hydrogens is 299 g/mol. The number of hydrogen-bond donors (Lipinski definition) is 2. The molecule has 1 aromatic rings. The van der Waals surface area contributed by atoms with Crippen molar-refractivity contribution in [1.29, 1.82) is 0 Å². The van der Waals surface area contributed by atoms with E-state index in [-0.39, 0.29) is 23.3 Å². The van der Waals surface area contributed by atoms with Crippen LogP contribution in [0.25, 0.3) is 0 Å². The number of urea groups is 1. The highest BCUT2D eigenvalue weighted by molar-refractivity contribution is 6.33. The minimum Gasteiger partial charge on any atom is -0.480 e. The van der Waals surface area contributed by atoms with Crippen LogP contribution in [0.1, 0.15) is 25.7 Å². The van der Waals surface area contributed by atoms with Crippen LogP contribution in [-0.2, 0) is 4.79 Å². The molecule has 0 unspecified atom stereocenters. The zero-order valence-corrected chi connectivity index (χ0v) is 12.1. The second kappa shape index (κ2) is 6.76. The van der Waals surface area contributed by atoms with E-state index in [9.17, 15) is 14.0 Å². The molecule has 7 heteroatoms. The molecule has 0 spiro atoms. The van der Waals surface area contributed by atoms with Crippen molar-refractivity contribution in [2.75, 3.05) is 11.9 Å². The number of nitrogens with zero attached hydrogens (tertiary/aromatic N) is 1. The van der Waals surface area contributed by atoms with Gasteiger partial charge in [-0.1, -0.05) is 24.4 Å². The number of amides is 2. The number of halogens is 2. The van der Waals surface area contributed by atoms with Gasteiger partial charge in [-0.25, -0.2) is 9.18 Å². The smallest absolute Gasteiger partial charge is 0.323 e. The molecule has 0 bridgehead atoms. The van der Waals surface area contributed by atoms with Crippen LogP contribution in [0.3, 0.4) is 0 Å². The maximum absolute atomic E-state index is 13.2. The summed E-state index contributed by atoms with van der Waals surface area (Å²) in [5.74, 6) is -1.61. The van der Waals surface area contributed by atoms with Gasteiger partial charge >= 0.3 is 12.0 Å². The summed E-state index contributed by atoms with van der Waals surface area (Å²) >= 11 is 5.89. The molecule has 2 amide bonds. The Hall–Kier alpha value is -1.82. The summed E-state index contributed by atoms with van der Waals surface area (Å²) in [5, 5.41) is 11.6. The average Bonchev–Trinajstić information content (AvgIpc) is 2.93. The third-order valence-electron chi connectivity index (χ3n) is 3.50. The number of rotatable bonds is 4. The highest BCUT2D eigenvalue weighted by Crippen LogP contribution is 2.26. The third kappa shape index (κ3) is 4.07. The number of benzene rings is 1. The topological polar surface area (TPSA) is 69.6 Å². The fraction of sp³-hybridized carbons (Fsp3) is 0.429. The Labute approximate surface area is 126 Å². The molecule has 0 heterocycles. The molecule has 1 fully saturated rings. The fourth-order valence-electron chi connectivity index (χ4n) is 2.51. The van der Waals surface area contributed by atoms with Gasteiger partial charge in [0, 0.05) is 6.04 Å². The van der Waals surface area contributed by atoms with Crippen molar-refractivity contribution in [3.05, 3.63) is 29.0 Å². The maximum atomic E-state index is 13.2. The maximum Gasteiger partial charge on any atom is 0.323 e. The van der Waals surface area contributed by atoms with Crippen LogP contribution in [-0.4, -0.2) is 34.6 Å². The van der Waals surface area contributed by atoms with Gasteiger partial charge in [0.15, 0.2) is 0 Å². The Kier molecular flexibility index (Phi) is 5.01. The van der Waals surface area contributed by atoms with Crippen molar-refractivity contribution in [3.8, 4) is 0 Å². The van der Waals surface area contributed by atoms with Crippen LogP contribution in [0, 0.1) is 5.82 Å². The van der Waals surface area contributed by atoms with E-state index in [2.05, 4.69) is 5.32 Å². The minimum atomic E-state index is -1.08. The number of carbonyl (C=O) groups is 2. The van der Waals surface area contributed by atoms with Crippen LogP contribution in [0.15, 0.2) is 18.2 Å². The minimum absolute atomic E-state index is 0.103. The van der Waals surface area contributed by atoms with E-state index >= 15 is 0 Å². The van der Waals surface area contributed by atoms with Gasteiger partial charge in [-0.3, -0.25) is 4.79 Å². The van der Waals surface area contributed by atoms with Crippen molar-refractivity contribution in [3.63, 3.8) is 0 Å². The molecule has 0 saturated heterocycles. The molecule has 5 nitrogen and oxygen atoms in total. The normalized spacial score (nSPS) is 15.0. The van der Waals surface area contributed by atoms with Gasteiger partial charge in [0.05, 0.1) is 10.7 Å². The largest absolute Gasteiger partial charge is 0.480 e. The summed E-state index contributed by atoms with van der Waals surface area (Å²) in [4.78, 5) is 24.5. The lowest BCUT2D eigenvalue weighted by molar-refractivity contribution is -0.138. The van der Waals surface area contributed by atoms with E-state index in [0.717, 1.165) is 31.7 Å². The van der Waals surface area contributed by atoms with Gasteiger partial charge in [0.25, 0.3) is 0 Å². The molecule has 0 atom stereocenters. The lowest BCUT2D eigenvalue weighted by Gasteiger charge is -2.27. The Morgan fingerprint density at radius 1 is 1.38 bits per heavy atom. The number of nitrogens with one attached hydrogen (secondary N) is 1. The van der Waals surface area contributed by atoms with Gasteiger partial charge in [-0.2, -0.15) is 0 Å². The molecule has 0 radical (unpaired) electrons. The average molecular weight is 315 g/mol. The van der Waals surface area contributed by atoms with Crippen molar-refractivity contribution in [2.45, 2.75) is 31.7 Å². The van der Waals surface area contributed by atoms with Crippen molar-refractivity contribution < 1.29 is 19.1 Å². The lowest BCUT2D eigenvalue weighted by atomic mass is 10.2. The SMILES string of the molecule is O=C(O)CN(C(=O)Nc1cc(F)ccc1Cl)C1CCCC1. The molecule has 1 aromatic carbocycles. The van der Waals surface area contributed by atoms with Crippen LogP contribution < -0.4 is 5.32 Å². The first kappa shape index (κ1) is 15.6. The standard InChI is InChI=1S/C14H16ClFN2O3/c15-11-6-5-9(16)7-12(11)17-14(21)18(8-13(19)20)10-3-1-2-4-10/h5-7,10H,1-4,8H2,(H,17,21)(H,19,20). The molecule has 1 saturated carbocycles. The molecule has 2 N–H and O–H groups in total. The van der Waals surface area contributed by atoms with E-state index in [0.29, 0.717) is 0 Å². The van der Waals surface area contributed by atoms with Crippen molar-refractivity contribution in [1.82, 2.24) is 4.90 Å². The first-order valence-corrected chi connectivity index (χ1v) is 7.09. The molecule has 0 aliphatic heterocycles. The zero-order chi connectivity index (χ0) is 15.4. The second-order valence-electron chi connectivity index (χ2n) is 5.01. The summed E-state index contributed by atoms with van der Waals surface area (Å²) in [6.45, 7) is -0.385. The fourth-order valence-corrected chi connectivity index (χ4v) is 2.67. The molecule has 2 rings (SSSR count).